The Labute approximate surface area is 77.3 Å². The Kier molecular flexibility index (Phi) is 2.47. The standard InChI is InChI=1S/C7H9F4NO2/c1-6(14)2-12(3-6)5(13)7(10,11)4(8)9/h4,14H,2-3H2,1H3. The van der Waals surface area contributed by atoms with E-state index in [9.17, 15) is 22.4 Å². The Bertz CT molecular complexity index is 246. The third-order valence-corrected chi connectivity index (χ3v) is 1.91. The van der Waals surface area contributed by atoms with E-state index in [1.165, 1.54) is 6.92 Å². The van der Waals surface area contributed by atoms with E-state index < -0.39 is 23.9 Å². The van der Waals surface area contributed by atoms with Gasteiger partial charge in [-0.2, -0.15) is 8.78 Å². The van der Waals surface area contributed by atoms with Gasteiger partial charge in [-0.25, -0.2) is 8.78 Å². The molecule has 1 N–H and O–H groups in total. The molecule has 3 nitrogen and oxygen atoms in total. The molecule has 0 bridgehead atoms. The Balaban J connectivity index is 2.60. The Morgan fingerprint density at radius 3 is 2.21 bits per heavy atom. The molecule has 1 saturated heterocycles. The zero-order valence-electron chi connectivity index (χ0n) is 7.31. The van der Waals surface area contributed by atoms with Crippen LogP contribution in [0.4, 0.5) is 17.6 Å². The van der Waals surface area contributed by atoms with Gasteiger partial charge in [-0.1, -0.05) is 0 Å². The van der Waals surface area contributed by atoms with Crippen LogP contribution in [0.1, 0.15) is 6.92 Å². The number of β-amino-alcohol motifs (C(OH)–C–C–N with tert-alkyl or cyclic N) is 1. The average molecular weight is 215 g/mol. The fourth-order valence-electron chi connectivity index (χ4n) is 1.22. The number of aliphatic hydroxyl groups is 1. The zero-order valence-corrected chi connectivity index (χ0v) is 7.31. The number of likely N-dealkylation sites (tertiary alicyclic amines) is 1. The number of nitrogens with zero attached hydrogens (tertiary/aromatic N) is 1. The van der Waals surface area contributed by atoms with Crippen LogP contribution in [0.25, 0.3) is 0 Å². The number of hydrogen-bond donors (Lipinski definition) is 1. The molecule has 0 radical (unpaired) electrons. The molecule has 0 unspecified atom stereocenters. The van der Waals surface area contributed by atoms with Crippen molar-refractivity contribution >= 4 is 5.91 Å². The number of alkyl halides is 4. The maximum Gasteiger partial charge on any atom is 0.383 e. The molecule has 1 heterocycles. The van der Waals surface area contributed by atoms with Gasteiger partial charge in [-0.3, -0.25) is 4.79 Å². The van der Waals surface area contributed by atoms with E-state index in [4.69, 9.17) is 5.11 Å². The predicted molar refractivity (Wildman–Crippen MR) is 38.2 cm³/mol. The first-order chi connectivity index (χ1) is 6.17. The minimum atomic E-state index is -4.66. The minimum absolute atomic E-state index is 0.339. The van der Waals surface area contributed by atoms with Gasteiger partial charge in [0.2, 0.25) is 0 Å². The summed E-state index contributed by atoms with van der Waals surface area (Å²) in [5.41, 5.74) is -1.24. The Morgan fingerprint density at radius 2 is 1.93 bits per heavy atom. The van der Waals surface area contributed by atoms with Crippen molar-refractivity contribution in [3.8, 4) is 0 Å². The second kappa shape index (κ2) is 3.08. The molecule has 1 rings (SSSR count). The van der Waals surface area contributed by atoms with Crippen molar-refractivity contribution in [2.75, 3.05) is 13.1 Å². The summed E-state index contributed by atoms with van der Waals surface area (Å²) in [6.07, 6.45) is -4.01. The number of hydrogen-bond acceptors (Lipinski definition) is 2. The summed E-state index contributed by atoms with van der Waals surface area (Å²) in [5, 5.41) is 9.11. The molecule has 1 fully saturated rings. The summed E-state index contributed by atoms with van der Waals surface area (Å²) in [6, 6.07) is 0. The van der Waals surface area contributed by atoms with Crippen LogP contribution in [0, 0.1) is 0 Å². The Morgan fingerprint density at radius 1 is 1.50 bits per heavy atom. The van der Waals surface area contributed by atoms with E-state index in [2.05, 4.69) is 0 Å². The number of rotatable bonds is 2. The highest BCUT2D eigenvalue weighted by atomic mass is 19.3. The van der Waals surface area contributed by atoms with Crippen molar-refractivity contribution in [2.24, 2.45) is 0 Å². The third-order valence-electron chi connectivity index (χ3n) is 1.91. The molecule has 0 aliphatic carbocycles. The molecular weight excluding hydrogens is 206 g/mol. The van der Waals surface area contributed by atoms with Gasteiger partial charge in [0, 0.05) is 0 Å². The van der Waals surface area contributed by atoms with Gasteiger partial charge >= 0.3 is 12.3 Å². The third kappa shape index (κ3) is 1.82. The second-order valence-electron chi connectivity index (χ2n) is 3.58. The first-order valence-corrected chi connectivity index (χ1v) is 3.84. The topological polar surface area (TPSA) is 40.5 Å². The van der Waals surface area contributed by atoms with Crippen molar-refractivity contribution in [1.29, 1.82) is 0 Å². The lowest BCUT2D eigenvalue weighted by Gasteiger charge is -2.44. The van der Waals surface area contributed by atoms with E-state index in [0.717, 1.165) is 0 Å². The normalized spacial score (nSPS) is 20.9. The number of halogens is 4. The van der Waals surface area contributed by atoms with Crippen LogP contribution in [0.5, 0.6) is 0 Å². The first-order valence-electron chi connectivity index (χ1n) is 3.84. The van der Waals surface area contributed by atoms with Crippen LogP contribution in [-0.2, 0) is 4.79 Å². The van der Waals surface area contributed by atoms with Gasteiger partial charge in [-0.15, -0.1) is 0 Å². The highest BCUT2D eigenvalue weighted by Gasteiger charge is 2.55. The van der Waals surface area contributed by atoms with Gasteiger partial charge in [0.1, 0.15) is 0 Å². The van der Waals surface area contributed by atoms with E-state index in [0.29, 0.717) is 4.90 Å². The second-order valence-corrected chi connectivity index (χ2v) is 3.58. The summed E-state index contributed by atoms with van der Waals surface area (Å²) in [4.78, 5) is 11.3. The Hall–Kier alpha value is -0.850. The van der Waals surface area contributed by atoms with Crippen LogP contribution < -0.4 is 0 Å². The summed E-state index contributed by atoms with van der Waals surface area (Å²) in [6.45, 7) is 0.652. The summed E-state index contributed by atoms with van der Waals surface area (Å²) >= 11 is 0. The summed E-state index contributed by atoms with van der Waals surface area (Å²) in [7, 11) is 0. The van der Waals surface area contributed by atoms with Gasteiger partial charge in [0.25, 0.3) is 5.91 Å². The lowest BCUT2D eigenvalue weighted by atomic mass is 9.96. The number of carbonyl (C=O) groups is 1. The van der Waals surface area contributed by atoms with Crippen molar-refractivity contribution in [3.05, 3.63) is 0 Å². The van der Waals surface area contributed by atoms with Crippen LogP contribution in [-0.4, -0.2) is 47.0 Å². The molecule has 1 aliphatic rings. The lowest BCUT2D eigenvalue weighted by Crippen LogP contribution is -2.65. The molecular formula is C7H9F4NO2. The summed E-state index contributed by atoms with van der Waals surface area (Å²) in [5.74, 6) is -6.59. The monoisotopic (exact) mass is 215 g/mol. The zero-order chi connectivity index (χ0) is 11.1. The predicted octanol–water partition coefficient (Wildman–Crippen LogP) is 0.480. The molecule has 0 aromatic rings. The maximum absolute atomic E-state index is 12.4. The van der Waals surface area contributed by atoms with E-state index in [-0.39, 0.29) is 13.1 Å². The molecule has 0 aromatic carbocycles. The average Bonchev–Trinajstić information content (AvgIpc) is 1.98. The molecule has 0 saturated carbocycles. The van der Waals surface area contributed by atoms with E-state index >= 15 is 0 Å². The van der Waals surface area contributed by atoms with Crippen molar-refractivity contribution in [1.82, 2.24) is 4.90 Å². The van der Waals surface area contributed by atoms with Crippen LogP contribution >= 0.6 is 0 Å². The highest BCUT2D eigenvalue weighted by molar-refractivity contribution is 5.85. The molecule has 1 amide bonds. The van der Waals surface area contributed by atoms with Crippen molar-refractivity contribution in [3.63, 3.8) is 0 Å². The van der Waals surface area contributed by atoms with Crippen LogP contribution in [0.15, 0.2) is 0 Å². The molecule has 0 aromatic heterocycles. The summed E-state index contributed by atoms with van der Waals surface area (Å²) < 4.78 is 48.3. The van der Waals surface area contributed by atoms with Crippen LogP contribution in [0.2, 0.25) is 0 Å². The largest absolute Gasteiger partial charge is 0.386 e. The number of carbonyl (C=O) groups excluding carboxylic acids is 1. The van der Waals surface area contributed by atoms with Gasteiger partial charge in [0.05, 0.1) is 18.7 Å². The SMILES string of the molecule is CC1(O)CN(C(=O)C(F)(F)C(F)F)C1. The fraction of sp³-hybridized carbons (Fsp3) is 0.857. The molecule has 1 aliphatic heterocycles. The smallest absolute Gasteiger partial charge is 0.383 e. The molecule has 0 spiro atoms. The van der Waals surface area contributed by atoms with Crippen molar-refractivity contribution in [2.45, 2.75) is 24.9 Å². The molecule has 14 heavy (non-hydrogen) atoms. The first kappa shape index (κ1) is 11.2. The number of amides is 1. The molecule has 7 heteroatoms. The molecule has 0 atom stereocenters. The fourth-order valence-corrected chi connectivity index (χ4v) is 1.22. The van der Waals surface area contributed by atoms with Gasteiger partial charge < -0.3 is 10.0 Å². The van der Waals surface area contributed by atoms with E-state index in [1.807, 2.05) is 0 Å². The van der Waals surface area contributed by atoms with E-state index in [1.54, 1.807) is 0 Å². The molecule has 82 valence electrons. The van der Waals surface area contributed by atoms with Gasteiger partial charge in [-0.05, 0) is 6.92 Å². The van der Waals surface area contributed by atoms with Crippen molar-refractivity contribution < 1.29 is 27.5 Å². The van der Waals surface area contributed by atoms with Crippen LogP contribution in [0.3, 0.4) is 0 Å². The lowest BCUT2D eigenvalue weighted by molar-refractivity contribution is -0.196. The minimum Gasteiger partial charge on any atom is -0.386 e. The highest BCUT2D eigenvalue weighted by Crippen LogP contribution is 2.30. The maximum atomic E-state index is 12.4. The quantitative estimate of drug-likeness (QED) is 0.680. The van der Waals surface area contributed by atoms with Gasteiger partial charge in [0.15, 0.2) is 0 Å².